The number of ether oxygens (including phenoxy) is 1. The van der Waals surface area contributed by atoms with Crippen LogP contribution >= 0.6 is 40.8 Å². The summed E-state index contributed by atoms with van der Waals surface area (Å²) < 4.78 is 6.11. The molecule has 0 unspecified atom stereocenters. The average molecular weight is 411 g/mol. The lowest BCUT2D eigenvalue weighted by Crippen LogP contribution is -2.34. The van der Waals surface area contributed by atoms with E-state index in [-0.39, 0.29) is 11.0 Å². The molecule has 0 heterocycles. The van der Waals surface area contributed by atoms with Gasteiger partial charge in [-0.25, -0.2) is 0 Å². The molecule has 7 heteroatoms. The fraction of sp³-hybridized carbons (Fsp3) is 0.125. The summed E-state index contributed by atoms with van der Waals surface area (Å²) >= 11 is 12.9. The Kier molecular flexibility index (Phi) is 6.04. The molecule has 120 valence electrons. The van der Waals surface area contributed by atoms with Gasteiger partial charge in [0, 0.05) is 9.37 Å². The molecule has 0 fully saturated rings. The Bertz CT molecular complexity index is 766. The molecule has 0 saturated heterocycles. The Balaban J connectivity index is 2.16. The summed E-state index contributed by atoms with van der Waals surface area (Å²) in [5.74, 6) is 0.170. The predicted molar refractivity (Wildman–Crippen MR) is 103 cm³/mol. The minimum Gasteiger partial charge on any atom is -0.496 e. The van der Waals surface area contributed by atoms with Crippen molar-refractivity contribution in [2.24, 2.45) is 0 Å². The number of benzene rings is 2. The smallest absolute Gasteiger partial charge is 0.261 e. The first-order valence-electron chi connectivity index (χ1n) is 6.67. The van der Waals surface area contributed by atoms with Gasteiger partial charge in [0.2, 0.25) is 0 Å². The first-order chi connectivity index (χ1) is 10.9. The van der Waals surface area contributed by atoms with Crippen molar-refractivity contribution in [3.05, 3.63) is 52.0 Å². The quantitative estimate of drug-likeness (QED) is 0.524. The molecule has 0 bridgehead atoms. The van der Waals surface area contributed by atoms with Crippen LogP contribution in [0.3, 0.4) is 0 Å². The Labute approximate surface area is 154 Å². The van der Waals surface area contributed by atoms with Gasteiger partial charge in [-0.2, -0.15) is 0 Å². The van der Waals surface area contributed by atoms with Gasteiger partial charge >= 0.3 is 0 Å². The minimum absolute atomic E-state index is 0.191. The maximum Gasteiger partial charge on any atom is 0.261 e. The average Bonchev–Trinajstić information content (AvgIpc) is 2.48. The van der Waals surface area contributed by atoms with E-state index in [1.54, 1.807) is 6.07 Å². The van der Waals surface area contributed by atoms with Gasteiger partial charge in [-0.3, -0.25) is 10.1 Å². The zero-order chi connectivity index (χ0) is 17.0. The third-order valence-corrected chi connectivity index (χ3v) is 4.12. The van der Waals surface area contributed by atoms with Crippen LogP contribution < -0.4 is 15.4 Å². The van der Waals surface area contributed by atoms with Crippen LogP contribution in [0.4, 0.5) is 5.69 Å². The lowest BCUT2D eigenvalue weighted by atomic mass is 10.1. The van der Waals surface area contributed by atoms with Crippen LogP contribution in [0.1, 0.15) is 15.9 Å². The Morgan fingerprint density at radius 1 is 1.30 bits per heavy atom. The van der Waals surface area contributed by atoms with E-state index < -0.39 is 0 Å². The van der Waals surface area contributed by atoms with Gasteiger partial charge < -0.3 is 10.1 Å². The molecule has 0 saturated carbocycles. The molecule has 2 N–H and O–H groups in total. The third kappa shape index (κ3) is 4.46. The molecule has 0 aliphatic heterocycles. The monoisotopic (exact) mass is 410 g/mol. The maximum absolute atomic E-state index is 12.5. The van der Waals surface area contributed by atoms with E-state index >= 15 is 0 Å². The van der Waals surface area contributed by atoms with Gasteiger partial charge in [0.25, 0.3) is 5.91 Å². The molecule has 2 aromatic rings. The van der Waals surface area contributed by atoms with E-state index in [1.165, 1.54) is 7.11 Å². The third-order valence-electron chi connectivity index (χ3n) is 3.07. The fourth-order valence-electron chi connectivity index (χ4n) is 2.07. The number of carbonyl (C=O) groups is 1. The van der Waals surface area contributed by atoms with E-state index in [0.717, 1.165) is 20.6 Å². The number of aryl methyl sites for hydroxylation is 1. The molecular formula is C16H15BrN2O2S2. The highest BCUT2D eigenvalue weighted by molar-refractivity contribution is 9.10. The van der Waals surface area contributed by atoms with Gasteiger partial charge in [-0.05, 0) is 49.0 Å². The topological polar surface area (TPSA) is 50.4 Å². The molecular weight excluding hydrogens is 396 g/mol. The van der Waals surface area contributed by atoms with Crippen molar-refractivity contribution < 1.29 is 9.53 Å². The lowest BCUT2D eigenvalue weighted by molar-refractivity contribution is 0.0974. The Morgan fingerprint density at radius 2 is 2.00 bits per heavy atom. The van der Waals surface area contributed by atoms with Crippen LogP contribution in [0.15, 0.2) is 45.8 Å². The molecule has 2 rings (SSSR count). The van der Waals surface area contributed by atoms with Crippen LogP contribution in [0.5, 0.6) is 5.75 Å². The van der Waals surface area contributed by atoms with Crippen LogP contribution in [0, 0.1) is 6.92 Å². The summed E-state index contributed by atoms with van der Waals surface area (Å²) in [7, 11) is 1.53. The molecule has 1 amide bonds. The molecule has 0 aliphatic carbocycles. The largest absolute Gasteiger partial charge is 0.496 e. The number of nitrogens with one attached hydrogen (secondary N) is 2. The van der Waals surface area contributed by atoms with Crippen molar-refractivity contribution in [1.29, 1.82) is 0 Å². The summed E-state index contributed by atoms with van der Waals surface area (Å²) in [6.45, 7) is 1.87. The summed E-state index contributed by atoms with van der Waals surface area (Å²) in [5.41, 5.74) is 1.98. The number of thiocarbonyl (C=S) groups is 1. The van der Waals surface area contributed by atoms with E-state index in [0.29, 0.717) is 11.3 Å². The number of hydrogen-bond donors (Lipinski definition) is 3. The standard InChI is InChI=1S/C16H15BrN2O2S2/c1-9-7-10(17)8-11(14(9)21-2)15(20)19-16(23)18-12-5-3-4-6-13(12)22/h3-8,22H,1-2H3,(H2,18,19,20,23). The van der Waals surface area contributed by atoms with Gasteiger partial charge in [-0.1, -0.05) is 28.1 Å². The van der Waals surface area contributed by atoms with Crippen LogP contribution in [-0.2, 0) is 0 Å². The van der Waals surface area contributed by atoms with Crippen LogP contribution in [0.2, 0.25) is 0 Å². The number of halogens is 1. The second kappa shape index (κ2) is 7.81. The summed E-state index contributed by atoms with van der Waals surface area (Å²) in [4.78, 5) is 13.2. The summed E-state index contributed by atoms with van der Waals surface area (Å²) in [6.07, 6.45) is 0. The zero-order valence-corrected chi connectivity index (χ0v) is 15.8. The number of carbonyl (C=O) groups excluding carboxylic acids is 1. The van der Waals surface area contributed by atoms with Crippen molar-refractivity contribution in [2.45, 2.75) is 11.8 Å². The number of anilines is 1. The highest BCUT2D eigenvalue weighted by Crippen LogP contribution is 2.27. The number of rotatable bonds is 3. The highest BCUT2D eigenvalue weighted by Gasteiger charge is 2.16. The highest BCUT2D eigenvalue weighted by atomic mass is 79.9. The van der Waals surface area contributed by atoms with E-state index in [2.05, 4.69) is 39.2 Å². The number of thiol groups is 1. The van der Waals surface area contributed by atoms with E-state index in [4.69, 9.17) is 17.0 Å². The number of amides is 1. The first kappa shape index (κ1) is 17.8. The molecule has 0 atom stereocenters. The normalized spacial score (nSPS) is 10.1. The summed E-state index contributed by atoms with van der Waals surface area (Å²) in [5, 5.41) is 5.79. The van der Waals surface area contributed by atoms with Crippen molar-refractivity contribution >= 4 is 57.5 Å². The fourth-order valence-corrected chi connectivity index (χ4v) is 3.06. The first-order valence-corrected chi connectivity index (χ1v) is 8.31. The van der Waals surface area contributed by atoms with Gasteiger partial charge in [0.05, 0.1) is 18.4 Å². The zero-order valence-electron chi connectivity index (χ0n) is 12.5. The molecule has 0 spiro atoms. The number of methoxy groups -OCH3 is 1. The molecule has 2 aromatic carbocycles. The van der Waals surface area contributed by atoms with E-state index in [9.17, 15) is 4.79 Å². The number of para-hydroxylation sites is 1. The predicted octanol–water partition coefficient (Wildman–Crippen LogP) is 4.18. The molecule has 0 aromatic heterocycles. The summed E-state index contributed by atoms with van der Waals surface area (Å²) in [6, 6.07) is 10.9. The van der Waals surface area contributed by atoms with Crippen LogP contribution in [-0.4, -0.2) is 18.1 Å². The second-order valence-corrected chi connectivity index (χ2v) is 6.53. The molecule has 4 nitrogen and oxygen atoms in total. The van der Waals surface area contributed by atoms with Crippen LogP contribution in [0.25, 0.3) is 0 Å². The number of hydrogen-bond acceptors (Lipinski definition) is 4. The lowest BCUT2D eigenvalue weighted by Gasteiger charge is -2.14. The van der Waals surface area contributed by atoms with Crippen molar-refractivity contribution in [3.8, 4) is 5.75 Å². The van der Waals surface area contributed by atoms with Gasteiger partial charge in [0.1, 0.15) is 5.75 Å². The minimum atomic E-state index is -0.347. The molecule has 0 radical (unpaired) electrons. The van der Waals surface area contributed by atoms with Crippen molar-refractivity contribution in [2.75, 3.05) is 12.4 Å². The van der Waals surface area contributed by atoms with Gasteiger partial charge in [0.15, 0.2) is 5.11 Å². The Morgan fingerprint density at radius 3 is 2.65 bits per heavy atom. The van der Waals surface area contributed by atoms with Gasteiger partial charge in [-0.15, -0.1) is 12.6 Å². The Hall–Kier alpha value is -1.57. The maximum atomic E-state index is 12.5. The SMILES string of the molecule is COc1c(C)cc(Br)cc1C(=O)NC(=S)Nc1ccccc1S. The van der Waals surface area contributed by atoms with E-state index in [1.807, 2.05) is 37.3 Å². The van der Waals surface area contributed by atoms with Crippen molar-refractivity contribution in [1.82, 2.24) is 5.32 Å². The second-order valence-electron chi connectivity index (χ2n) is 4.73. The molecule has 23 heavy (non-hydrogen) atoms. The molecule has 0 aliphatic rings. The van der Waals surface area contributed by atoms with Crippen molar-refractivity contribution in [3.63, 3.8) is 0 Å².